The normalized spacial score (nSPS) is 13.4. The lowest BCUT2D eigenvalue weighted by Crippen LogP contribution is -2.34. The zero-order valence-electron chi connectivity index (χ0n) is 15.4. The van der Waals surface area contributed by atoms with E-state index in [4.69, 9.17) is 4.74 Å². The predicted molar refractivity (Wildman–Crippen MR) is 109 cm³/mol. The van der Waals surface area contributed by atoms with E-state index in [2.05, 4.69) is 22.3 Å². The molecule has 0 aliphatic carbocycles. The van der Waals surface area contributed by atoms with Crippen LogP contribution in [0.1, 0.15) is 26.8 Å². The van der Waals surface area contributed by atoms with Gasteiger partial charge in [-0.3, -0.25) is 4.79 Å². The molecule has 4 nitrogen and oxygen atoms in total. The van der Waals surface area contributed by atoms with Crippen LogP contribution in [0.4, 0.5) is 0 Å². The number of carbonyl (C=O) groups is 1. The van der Waals surface area contributed by atoms with E-state index in [0.717, 1.165) is 26.6 Å². The fourth-order valence-electron chi connectivity index (χ4n) is 3.36. The van der Waals surface area contributed by atoms with Gasteiger partial charge in [-0.15, -0.1) is 11.3 Å². The highest BCUT2D eigenvalue weighted by molar-refractivity contribution is 7.17. The van der Waals surface area contributed by atoms with Crippen molar-refractivity contribution in [3.63, 3.8) is 0 Å². The molecule has 0 spiro atoms. The number of nitrogens with one attached hydrogen (secondary N) is 1. The lowest BCUT2D eigenvalue weighted by molar-refractivity contribution is 0.0946. The first kappa shape index (κ1) is 17.8. The van der Waals surface area contributed by atoms with E-state index in [0.29, 0.717) is 13.2 Å². The molecule has 27 heavy (non-hydrogen) atoms. The molecule has 1 aromatic heterocycles. The van der Waals surface area contributed by atoms with E-state index in [-0.39, 0.29) is 11.9 Å². The first-order chi connectivity index (χ1) is 13.1. The maximum Gasteiger partial charge on any atom is 0.261 e. The van der Waals surface area contributed by atoms with Crippen molar-refractivity contribution in [2.45, 2.75) is 12.6 Å². The third-order valence-electron chi connectivity index (χ3n) is 4.81. The number of amides is 1. The second kappa shape index (κ2) is 7.55. The fourth-order valence-corrected chi connectivity index (χ4v) is 4.48. The van der Waals surface area contributed by atoms with Gasteiger partial charge in [0.15, 0.2) is 0 Å². The number of para-hydroxylation sites is 1. The van der Waals surface area contributed by atoms with Gasteiger partial charge in [-0.25, -0.2) is 0 Å². The number of ether oxygens (including phenoxy) is 1. The average molecular weight is 378 g/mol. The standard InChI is InChI=1S/C22H22N2O2S/c1-24(2)18(15-8-4-3-5-9-15)13-23-22(25)20-12-16-14-26-19-11-7-6-10-17(19)21(16)27-20/h3-12,18H,13-14H2,1-2H3,(H,23,25). The van der Waals surface area contributed by atoms with Crippen LogP contribution in [0.15, 0.2) is 60.7 Å². The number of fused-ring (bicyclic) bond motifs is 3. The van der Waals surface area contributed by atoms with Crippen LogP contribution in [0.2, 0.25) is 0 Å². The maximum absolute atomic E-state index is 12.8. The van der Waals surface area contributed by atoms with Gasteiger partial charge in [0, 0.05) is 22.5 Å². The summed E-state index contributed by atoms with van der Waals surface area (Å²) in [6.45, 7) is 1.08. The second-order valence-electron chi connectivity index (χ2n) is 6.85. The van der Waals surface area contributed by atoms with Crippen molar-refractivity contribution < 1.29 is 9.53 Å². The lowest BCUT2D eigenvalue weighted by atomic mass is 10.1. The molecular formula is C22H22N2O2S. The number of nitrogens with zero attached hydrogens (tertiary/aromatic N) is 1. The van der Waals surface area contributed by atoms with Crippen LogP contribution in [-0.2, 0) is 6.61 Å². The minimum atomic E-state index is -0.0327. The molecule has 0 fully saturated rings. The molecule has 138 valence electrons. The van der Waals surface area contributed by atoms with Crippen molar-refractivity contribution in [1.29, 1.82) is 0 Å². The Hall–Kier alpha value is -2.63. The minimum Gasteiger partial charge on any atom is -0.488 e. The summed E-state index contributed by atoms with van der Waals surface area (Å²) < 4.78 is 5.80. The smallest absolute Gasteiger partial charge is 0.261 e. The van der Waals surface area contributed by atoms with Gasteiger partial charge in [-0.1, -0.05) is 42.5 Å². The molecule has 1 unspecified atom stereocenters. The van der Waals surface area contributed by atoms with Crippen LogP contribution >= 0.6 is 11.3 Å². The topological polar surface area (TPSA) is 41.6 Å². The van der Waals surface area contributed by atoms with Gasteiger partial charge in [0.2, 0.25) is 0 Å². The molecular weight excluding hydrogens is 356 g/mol. The van der Waals surface area contributed by atoms with Crippen molar-refractivity contribution in [1.82, 2.24) is 10.2 Å². The minimum absolute atomic E-state index is 0.0327. The highest BCUT2D eigenvalue weighted by atomic mass is 32.1. The summed E-state index contributed by atoms with van der Waals surface area (Å²) >= 11 is 1.54. The van der Waals surface area contributed by atoms with Gasteiger partial charge >= 0.3 is 0 Å². The van der Waals surface area contributed by atoms with Gasteiger partial charge in [0.25, 0.3) is 5.91 Å². The molecule has 3 aromatic rings. The largest absolute Gasteiger partial charge is 0.488 e. The summed E-state index contributed by atoms with van der Waals surface area (Å²) in [7, 11) is 4.06. The zero-order valence-corrected chi connectivity index (χ0v) is 16.3. The molecule has 2 aromatic carbocycles. The van der Waals surface area contributed by atoms with Crippen LogP contribution < -0.4 is 10.1 Å². The molecule has 1 amide bonds. The van der Waals surface area contributed by atoms with Crippen LogP contribution in [-0.4, -0.2) is 31.4 Å². The van der Waals surface area contributed by atoms with Crippen molar-refractivity contribution in [3.05, 3.63) is 76.7 Å². The number of benzene rings is 2. The third kappa shape index (κ3) is 3.61. The summed E-state index contributed by atoms with van der Waals surface area (Å²) in [5, 5.41) is 3.10. The van der Waals surface area contributed by atoms with Gasteiger partial charge < -0.3 is 15.0 Å². The van der Waals surface area contributed by atoms with E-state index >= 15 is 0 Å². The van der Waals surface area contributed by atoms with E-state index < -0.39 is 0 Å². The Morgan fingerprint density at radius 2 is 1.89 bits per heavy atom. The van der Waals surface area contributed by atoms with Crippen LogP contribution in [0.25, 0.3) is 10.4 Å². The lowest BCUT2D eigenvalue weighted by Gasteiger charge is -2.25. The Morgan fingerprint density at radius 1 is 1.15 bits per heavy atom. The Labute approximate surface area is 163 Å². The first-order valence-electron chi connectivity index (χ1n) is 8.98. The Morgan fingerprint density at radius 3 is 2.67 bits per heavy atom. The summed E-state index contributed by atoms with van der Waals surface area (Å²) in [6, 6.07) is 20.3. The predicted octanol–water partition coefficient (Wildman–Crippen LogP) is 4.34. The number of thiophene rings is 1. The number of hydrogen-bond acceptors (Lipinski definition) is 4. The van der Waals surface area contributed by atoms with Gasteiger partial charge in [-0.05, 0) is 37.9 Å². The molecule has 1 atom stereocenters. The highest BCUT2D eigenvalue weighted by Crippen LogP contribution is 2.42. The summed E-state index contributed by atoms with van der Waals surface area (Å²) in [5.41, 5.74) is 3.34. The van der Waals surface area contributed by atoms with E-state index in [1.54, 1.807) is 0 Å². The molecule has 1 aliphatic rings. The molecule has 1 N–H and O–H groups in total. The maximum atomic E-state index is 12.8. The molecule has 4 rings (SSSR count). The Kier molecular flexibility index (Phi) is 4.97. The third-order valence-corrected chi connectivity index (χ3v) is 6.02. The van der Waals surface area contributed by atoms with E-state index in [1.165, 1.54) is 16.9 Å². The van der Waals surface area contributed by atoms with Crippen LogP contribution in [0.5, 0.6) is 5.75 Å². The molecule has 2 heterocycles. The summed E-state index contributed by atoms with van der Waals surface area (Å²) in [5.74, 6) is 0.852. The SMILES string of the molecule is CN(C)C(CNC(=O)c1cc2c(s1)-c1ccccc1OC2)c1ccccc1. The quantitative estimate of drug-likeness (QED) is 0.718. The highest BCUT2D eigenvalue weighted by Gasteiger charge is 2.23. The molecule has 0 radical (unpaired) electrons. The second-order valence-corrected chi connectivity index (χ2v) is 7.90. The number of hydrogen-bond donors (Lipinski definition) is 1. The Bertz CT molecular complexity index is 950. The summed E-state index contributed by atoms with van der Waals surface area (Å²) in [4.78, 5) is 16.8. The molecule has 0 saturated heterocycles. The van der Waals surface area contributed by atoms with Crippen molar-refractivity contribution in [3.8, 4) is 16.2 Å². The summed E-state index contributed by atoms with van der Waals surface area (Å²) in [6.07, 6.45) is 0. The van der Waals surface area contributed by atoms with Crippen molar-refractivity contribution >= 4 is 17.2 Å². The van der Waals surface area contributed by atoms with Crippen molar-refractivity contribution in [2.24, 2.45) is 0 Å². The number of likely N-dealkylation sites (N-methyl/N-ethyl adjacent to an activating group) is 1. The first-order valence-corrected chi connectivity index (χ1v) is 9.79. The molecule has 1 aliphatic heterocycles. The fraction of sp³-hybridized carbons (Fsp3) is 0.227. The van der Waals surface area contributed by atoms with E-state index in [9.17, 15) is 4.79 Å². The van der Waals surface area contributed by atoms with E-state index in [1.807, 2.05) is 62.6 Å². The van der Waals surface area contributed by atoms with Crippen LogP contribution in [0.3, 0.4) is 0 Å². The van der Waals surface area contributed by atoms with Gasteiger partial charge in [0.05, 0.1) is 10.9 Å². The zero-order chi connectivity index (χ0) is 18.8. The van der Waals surface area contributed by atoms with Gasteiger partial charge in [-0.2, -0.15) is 0 Å². The van der Waals surface area contributed by atoms with Gasteiger partial charge in [0.1, 0.15) is 12.4 Å². The average Bonchev–Trinajstić information content (AvgIpc) is 3.13. The molecule has 0 saturated carbocycles. The number of rotatable bonds is 5. The molecule has 0 bridgehead atoms. The Balaban J connectivity index is 1.51. The number of carbonyl (C=O) groups excluding carboxylic acids is 1. The van der Waals surface area contributed by atoms with Crippen LogP contribution in [0, 0.1) is 0 Å². The molecule has 5 heteroatoms. The monoisotopic (exact) mass is 378 g/mol. The van der Waals surface area contributed by atoms with Crippen molar-refractivity contribution in [2.75, 3.05) is 20.6 Å².